The minimum Gasteiger partial charge on any atom is -0.228 e. The molecule has 2 atom stereocenters. The van der Waals surface area contributed by atoms with E-state index in [0.717, 1.165) is 18.6 Å². The van der Waals surface area contributed by atoms with Crippen molar-refractivity contribution in [2.24, 2.45) is 0 Å². The predicted molar refractivity (Wildman–Crippen MR) is 74.3 cm³/mol. The van der Waals surface area contributed by atoms with E-state index in [-0.39, 0.29) is 12.0 Å². The fraction of sp³-hybridized carbons (Fsp3) is 0.467. The van der Waals surface area contributed by atoms with Crippen LogP contribution in [0, 0.1) is 5.82 Å². The maximum Gasteiger partial charge on any atom is 0.419 e. The largest absolute Gasteiger partial charge is 0.419 e. The Hall–Kier alpha value is -1.37. The van der Waals surface area contributed by atoms with E-state index in [2.05, 4.69) is 0 Å². The van der Waals surface area contributed by atoms with E-state index in [9.17, 15) is 26.0 Å². The third kappa shape index (κ3) is 2.55. The van der Waals surface area contributed by atoms with Crippen LogP contribution < -0.4 is 0 Å². The van der Waals surface area contributed by atoms with E-state index in [1.807, 2.05) is 0 Å². The Morgan fingerprint density at radius 3 is 2.50 bits per heavy atom. The first-order valence-corrected chi connectivity index (χ1v) is 8.61. The Balaban J connectivity index is 2.04. The number of hydrogen-bond acceptors (Lipinski definition) is 2. The Kier molecular flexibility index (Phi) is 3.58. The summed E-state index contributed by atoms with van der Waals surface area (Å²) in [5.41, 5.74) is -0.500. The van der Waals surface area contributed by atoms with Crippen LogP contribution in [-0.4, -0.2) is 18.9 Å². The van der Waals surface area contributed by atoms with Crippen LogP contribution in [0.5, 0.6) is 0 Å². The van der Waals surface area contributed by atoms with Crippen molar-refractivity contribution >= 4 is 15.4 Å². The third-order valence-corrected chi connectivity index (χ3v) is 6.93. The lowest BCUT2D eigenvalue weighted by Gasteiger charge is -2.33. The summed E-state index contributed by atoms with van der Waals surface area (Å²) in [4.78, 5) is 0. The first kappa shape index (κ1) is 15.5. The molecule has 0 saturated carbocycles. The van der Waals surface area contributed by atoms with Crippen LogP contribution in [0.25, 0.3) is 5.57 Å². The third-order valence-electron chi connectivity index (χ3n) is 4.38. The number of fused-ring (bicyclic) bond motifs is 2. The van der Waals surface area contributed by atoms with Crippen LogP contribution in [0.3, 0.4) is 0 Å². The van der Waals surface area contributed by atoms with Crippen molar-refractivity contribution in [1.29, 1.82) is 0 Å². The summed E-state index contributed by atoms with van der Waals surface area (Å²) >= 11 is 0. The van der Waals surface area contributed by atoms with Gasteiger partial charge in [-0.2, -0.15) is 13.2 Å². The Bertz CT molecular complexity index is 734. The quantitative estimate of drug-likeness (QED) is 0.728. The van der Waals surface area contributed by atoms with Gasteiger partial charge in [0.15, 0.2) is 9.84 Å². The van der Waals surface area contributed by atoms with Crippen molar-refractivity contribution in [2.45, 2.75) is 42.4 Å². The van der Waals surface area contributed by atoms with Gasteiger partial charge in [-0.1, -0.05) is 18.6 Å². The van der Waals surface area contributed by atoms with Gasteiger partial charge >= 0.3 is 6.18 Å². The lowest BCUT2D eigenvalue weighted by molar-refractivity contribution is -0.140. The standard InChI is InChI=1S/C15H14F4O2S/c16-14-5-4-9(8-13(14)15(17,18)19)10-6-11-2-1-3-12(7-10)22(11,20)21/h4-6,8,11-12H,1-3,7H2. The maximum atomic E-state index is 13.4. The van der Waals surface area contributed by atoms with Crippen LogP contribution in [0.15, 0.2) is 24.3 Å². The molecule has 2 aliphatic rings. The zero-order valence-electron chi connectivity index (χ0n) is 11.5. The molecule has 1 aromatic rings. The molecule has 1 saturated heterocycles. The monoisotopic (exact) mass is 334 g/mol. The predicted octanol–water partition coefficient (Wildman–Crippen LogP) is 3.97. The first-order chi connectivity index (χ1) is 10.2. The Morgan fingerprint density at radius 1 is 1.14 bits per heavy atom. The zero-order valence-corrected chi connectivity index (χ0v) is 12.3. The molecule has 0 amide bonds. The number of rotatable bonds is 1. The van der Waals surface area contributed by atoms with Gasteiger partial charge in [-0.25, -0.2) is 12.8 Å². The summed E-state index contributed by atoms with van der Waals surface area (Å²) in [5.74, 6) is -1.32. The van der Waals surface area contributed by atoms with Gasteiger partial charge in [0.25, 0.3) is 0 Å². The number of benzene rings is 1. The number of allylic oxidation sites excluding steroid dienone is 1. The SMILES string of the molecule is O=S1(=O)C2C=C(c3ccc(F)c(C(F)(F)F)c3)CC1CCC2. The lowest BCUT2D eigenvalue weighted by atomic mass is 9.92. The normalized spacial score (nSPS) is 27.4. The molecule has 2 heterocycles. The first-order valence-electron chi connectivity index (χ1n) is 7.00. The van der Waals surface area contributed by atoms with E-state index in [1.54, 1.807) is 6.08 Å². The topological polar surface area (TPSA) is 34.1 Å². The van der Waals surface area contributed by atoms with E-state index in [4.69, 9.17) is 0 Å². The maximum absolute atomic E-state index is 13.4. The molecule has 3 rings (SSSR count). The molecule has 0 N–H and O–H groups in total. The van der Waals surface area contributed by atoms with Crippen molar-refractivity contribution in [3.05, 3.63) is 41.2 Å². The Labute approximate surface area is 125 Å². The molecule has 2 nitrogen and oxygen atoms in total. The van der Waals surface area contributed by atoms with Crippen LogP contribution in [0.4, 0.5) is 17.6 Å². The average Bonchev–Trinajstić information content (AvgIpc) is 2.36. The molecule has 2 bridgehead atoms. The molecule has 0 radical (unpaired) electrons. The molecule has 2 aliphatic heterocycles. The zero-order chi connectivity index (χ0) is 16.1. The molecule has 120 valence electrons. The van der Waals surface area contributed by atoms with Crippen LogP contribution in [-0.2, 0) is 16.0 Å². The highest BCUT2D eigenvalue weighted by Crippen LogP contribution is 2.40. The van der Waals surface area contributed by atoms with E-state index < -0.39 is 37.9 Å². The van der Waals surface area contributed by atoms with Gasteiger partial charge in [-0.05, 0) is 42.5 Å². The number of sulfone groups is 1. The molecule has 0 aromatic heterocycles. The smallest absolute Gasteiger partial charge is 0.228 e. The van der Waals surface area contributed by atoms with Crippen LogP contribution in [0.2, 0.25) is 0 Å². The molecule has 1 fully saturated rings. The summed E-state index contributed by atoms with van der Waals surface area (Å²) in [6.07, 6.45) is -1.20. The molecule has 7 heteroatoms. The van der Waals surface area contributed by atoms with Gasteiger partial charge in [0.2, 0.25) is 0 Å². The van der Waals surface area contributed by atoms with Gasteiger partial charge in [-0.15, -0.1) is 0 Å². The molecule has 2 unspecified atom stereocenters. The average molecular weight is 334 g/mol. The number of halogens is 4. The van der Waals surface area contributed by atoms with Crippen molar-refractivity contribution in [2.75, 3.05) is 0 Å². The lowest BCUT2D eigenvalue weighted by Crippen LogP contribution is -2.38. The number of alkyl halides is 3. The van der Waals surface area contributed by atoms with E-state index in [1.165, 1.54) is 6.07 Å². The van der Waals surface area contributed by atoms with Crippen molar-refractivity contribution in [3.63, 3.8) is 0 Å². The fourth-order valence-electron chi connectivity index (χ4n) is 3.21. The summed E-state index contributed by atoms with van der Waals surface area (Å²) < 4.78 is 76.1. The van der Waals surface area contributed by atoms with E-state index >= 15 is 0 Å². The van der Waals surface area contributed by atoms with Gasteiger partial charge in [0.05, 0.1) is 16.1 Å². The molecular formula is C15H14F4O2S. The summed E-state index contributed by atoms with van der Waals surface area (Å²) in [6.45, 7) is 0. The molecule has 22 heavy (non-hydrogen) atoms. The van der Waals surface area contributed by atoms with Crippen LogP contribution >= 0.6 is 0 Å². The van der Waals surface area contributed by atoms with Gasteiger partial charge in [-0.3, -0.25) is 0 Å². The highest BCUT2D eigenvalue weighted by molar-refractivity contribution is 7.93. The van der Waals surface area contributed by atoms with E-state index in [0.29, 0.717) is 18.4 Å². The summed E-state index contributed by atoms with van der Waals surface area (Å²) in [5, 5.41) is -1.17. The van der Waals surface area contributed by atoms with Crippen LogP contribution in [0.1, 0.15) is 36.8 Å². The highest BCUT2D eigenvalue weighted by Gasteiger charge is 2.41. The summed E-state index contributed by atoms with van der Waals surface area (Å²) in [6, 6.07) is 2.84. The molecular weight excluding hydrogens is 320 g/mol. The minimum absolute atomic E-state index is 0.196. The minimum atomic E-state index is -4.77. The van der Waals surface area contributed by atoms with Crippen molar-refractivity contribution in [1.82, 2.24) is 0 Å². The molecule has 0 spiro atoms. The van der Waals surface area contributed by atoms with Crippen molar-refractivity contribution < 1.29 is 26.0 Å². The molecule has 0 aliphatic carbocycles. The second kappa shape index (κ2) is 5.08. The van der Waals surface area contributed by atoms with Gasteiger partial charge < -0.3 is 0 Å². The fourth-order valence-corrected chi connectivity index (χ4v) is 5.46. The van der Waals surface area contributed by atoms with Crippen molar-refractivity contribution in [3.8, 4) is 0 Å². The molecule has 1 aromatic carbocycles. The summed E-state index contributed by atoms with van der Waals surface area (Å²) in [7, 11) is -3.23. The number of hydrogen-bond donors (Lipinski definition) is 0. The van der Waals surface area contributed by atoms with Gasteiger partial charge in [0.1, 0.15) is 5.82 Å². The van der Waals surface area contributed by atoms with Gasteiger partial charge in [0, 0.05) is 0 Å². The second-order valence-electron chi connectivity index (χ2n) is 5.77. The highest BCUT2D eigenvalue weighted by atomic mass is 32.2. The second-order valence-corrected chi connectivity index (χ2v) is 8.22. The Morgan fingerprint density at radius 2 is 1.86 bits per heavy atom.